The zero-order chi connectivity index (χ0) is 22.2. The van der Waals surface area contributed by atoms with Crippen LogP contribution in [0.5, 0.6) is 0 Å². The van der Waals surface area contributed by atoms with Crippen LogP contribution in [0, 0.1) is 13.8 Å². The number of rotatable bonds is 4. The Kier molecular flexibility index (Phi) is 4.82. The number of nitrogens with two attached hydrogens (primary N) is 1. The van der Waals surface area contributed by atoms with Crippen molar-refractivity contribution in [3.05, 3.63) is 95.1 Å². The lowest BCUT2D eigenvalue weighted by molar-refractivity contribution is 0.0953. The highest BCUT2D eigenvalue weighted by Gasteiger charge is 2.25. The molecule has 158 valence electrons. The number of carbonyl (C=O) groups excluding carboxylic acids is 1. The summed E-state index contributed by atoms with van der Waals surface area (Å²) in [5.74, 6) is 0.0551. The third-order valence-electron chi connectivity index (χ3n) is 5.84. The number of carbonyl (C=O) groups is 1. The molecule has 2 aromatic heterocycles. The topological polar surface area (TPSA) is 85.8 Å². The van der Waals surface area contributed by atoms with Crippen LogP contribution in [0.4, 0.5) is 5.82 Å². The maximum Gasteiger partial charge on any atom is 0.257 e. The third-order valence-corrected chi connectivity index (χ3v) is 5.84. The number of benzene rings is 3. The van der Waals surface area contributed by atoms with Crippen molar-refractivity contribution in [2.24, 2.45) is 0 Å². The fourth-order valence-electron chi connectivity index (χ4n) is 3.97. The highest BCUT2D eigenvalue weighted by molar-refractivity contribution is 6.11. The molecule has 0 saturated heterocycles. The van der Waals surface area contributed by atoms with Crippen LogP contribution in [-0.4, -0.2) is 20.4 Å². The average Bonchev–Trinajstić information content (AvgIpc) is 3.09. The van der Waals surface area contributed by atoms with Gasteiger partial charge in [0.25, 0.3) is 5.91 Å². The molecule has 6 nitrogen and oxygen atoms in total. The molecule has 0 aliphatic carbocycles. The number of aryl methyl sites for hydroxylation is 1. The number of hydrogen-bond acceptors (Lipinski definition) is 4. The zero-order valence-corrected chi connectivity index (χ0v) is 18.0. The molecule has 3 N–H and O–H groups in total. The van der Waals surface area contributed by atoms with Gasteiger partial charge in [0, 0.05) is 6.54 Å². The molecular weight excluding hydrogens is 398 g/mol. The van der Waals surface area contributed by atoms with E-state index in [-0.39, 0.29) is 5.91 Å². The smallest absolute Gasteiger partial charge is 0.257 e. The van der Waals surface area contributed by atoms with Gasteiger partial charge >= 0.3 is 0 Å². The van der Waals surface area contributed by atoms with Crippen molar-refractivity contribution in [3.8, 4) is 5.69 Å². The molecule has 0 spiro atoms. The van der Waals surface area contributed by atoms with Gasteiger partial charge in [-0.3, -0.25) is 9.36 Å². The van der Waals surface area contributed by atoms with Crippen LogP contribution in [0.15, 0.2) is 72.8 Å². The second kappa shape index (κ2) is 7.81. The Labute approximate surface area is 185 Å². The highest BCUT2D eigenvalue weighted by Crippen LogP contribution is 2.32. The van der Waals surface area contributed by atoms with E-state index < -0.39 is 0 Å². The van der Waals surface area contributed by atoms with Gasteiger partial charge in [-0.25, -0.2) is 9.97 Å². The number of nitrogens with one attached hydrogen (secondary N) is 1. The molecule has 0 aliphatic heterocycles. The second-order valence-corrected chi connectivity index (χ2v) is 7.87. The van der Waals surface area contributed by atoms with Crippen molar-refractivity contribution >= 4 is 33.9 Å². The normalized spacial score (nSPS) is 11.2. The summed E-state index contributed by atoms with van der Waals surface area (Å²) in [5, 5.41) is 2.99. The Morgan fingerprint density at radius 1 is 0.906 bits per heavy atom. The van der Waals surface area contributed by atoms with Gasteiger partial charge in [-0.2, -0.15) is 0 Å². The van der Waals surface area contributed by atoms with Crippen LogP contribution in [0.1, 0.15) is 27.0 Å². The maximum absolute atomic E-state index is 13.3. The van der Waals surface area contributed by atoms with E-state index in [2.05, 4.69) is 18.3 Å². The summed E-state index contributed by atoms with van der Waals surface area (Å²) in [5.41, 5.74) is 13.6. The molecule has 32 heavy (non-hydrogen) atoms. The first kappa shape index (κ1) is 19.8. The lowest BCUT2D eigenvalue weighted by Gasteiger charge is -2.13. The van der Waals surface area contributed by atoms with Crippen molar-refractivity contribution in [2.45, 2.75) is 20.4 Å². The van der Waals surface area contributed by atoms with E-state index in [0.717, 1.165) is 33.4 Å². The van der Waals surface area contributed by atoms with E-state index in [0.29, 0.717) is 29.1 Å². The number of hydrogen-bond donors (Lipinski definition) is 2. The number of nitrogens with zero attached hydrogens (tertiary/aromatic N) is 3. The fourth-order valence-corrected chi connectivity index (χ4v) is 3.97. The van der Waals surface area contributed by atoms with Crippen molar-refractivity contribution < 1.29 is 4.79 Å². The van der Waals surface area contributed by atoms with E-state index >= 15 is 0 Å². The molecule has 6 heteroatoms. The molecule has 0 fully saturated rings. The van der Waals surface area contributed by atoms with Crippen LogP contribution in [0.25, 0.3) is 27.9 Å². The summed E-state index contributed by atoms with van der Waals surface area (Å²) in [6, 6.07) is 23.4. The summed E-state index contributed by atoms with van der Waals surface area (Å²) in [6.45, 7) is 4.49. The molecule has 5 rings (SSSR count). The van der Waals surface area contributed by atoms with Gasteiger partial charge in [-0.15, -0.1) is 0 Å². The van der Waals surface area contributed by atoms with Crippen LogP contribution in [0.2, 0.25) is 0 Å². The molecular formula is C26H23N5O. The molecule has 0 unspecified atom stereocenters. The predicted molar refractivity (Wildman–Crippen MR) is 128 cm³/mol. The molecule has 2 heterocycles. The van der Waals surface area contributed by atoms with E-state index in [1.165, 1.54) is 0 Å². The largest absolute Gasteiger partial charge is 0.384 e. The van der Waals surface area contributed by atoms with E-state index in [9.17, 15) is 4.79 Å². The number of nitrogen functional groups attached to an aromatic ring is 1. The van der Waals surface area contributed by atoms with Gasteiger partial charge in [0.05, 0.1) is 16.7 Å². The quantitative estimate of drug-likeness (QED) is 0.440. The summed E-state index contributed by atoms with van der Waals surface area (Å²) < 4.78 is 1.84. The monoisotopic (exact) mass is 421 g/mol. The van der Waals surface area contributed by atoms with Gasteiger partial charge in [0.1, 0.15) is 16.9 Å². The van der Waals surface area contributed by atoms with Crippen molar-refractivity contribution in [3.63, 3.8) is 0 Å². The SMILES string of the molecule is Cc1cccc(-n2c(N)c(C(=O)NCc3ccccc3)c3nc4ccccc4nc32)c1C. The van der Waals surface area contributed by atoms with Crippen molar-refractivity contribution in [1.82, 2.24) is 19.9 Å². The molecule has 0 aliphatic rings. The minimum absolute atomic E-state index is 0.273. The summed E-state index contributed by atoms with van der Waals surface area (Å²) in [7, 11) is 0. The summed E-state index contributed by atoms with van der Waals surface area (Å²) in [4.78, 5) is 22.9. The Morgan fingerprint density at radius 2 is 1.59 bits per heavy atom. The third kappa shape index (κ3) is 3.26. The number of aromatic nitrogens is 3. The molecule has 5 aromatic rings. The van der Waals surface area contributed by atoms with Crippen molar-refractivity contribution in [1.29, 1.82) is 0 Å². The van der Waals surface area contributed by atoms with E-state index in [1.54, 1.807) is 0 Å². The highest BCUT2D eigenvalue weighted by atomic mass is 16.1. The number of para-hydroxylation sites is 2. The average molecular weight is 422 g/mol. The number of fused-ring (bicyclic) bond motifs is 2. The van der Waals surface area contributed by atoms with Crippen molar-refractivity contribution in [2.75, 3.05) is 5.73 Å². The zero-order valence-electron chi connectivity index (χ0n) is 18.0. The van der Waals surface area contributed by atoms with Crippen LogP contribution >= 0.6 is 0 Å². The molecule has 3 aromatic carbocycles. The lowest BCUT2D eigenvalue weighted by atomic mass is 10.1. The lowest BCUT2D eigenvalue weighted by Crippen LogP contribution is -2.24. The fraction of sp³-hybridized carbons (Fsp3) is 0.115. The Balaban J connectivity index is 1.71. The Morgan fingerprint density at radius 3 is 2.34 bits per heavy atom. The van der Waals surface area contributed by atoms with Gasteiger partial charge < -0.3 is 11.1 Å². The molecule has 0 bridgehead atoms. The Hall–Kier alpha value is -4.19. The minimum Gasteiger partial charge on any atom is -0.384 e. The van der Waals surface area contributed by atoms with E-state index in [1.807, 2.05) is 78.2 Å². The standard InChI is InChI=1S/C26H23N5O/c1-16-9-8-14-21(17(16)2)31-24(27)22(26(32)28-15-18-10-4-3-5-11-18)23-25(31)30-20-13-7-6-12-19(20)29-23/h3-14H,15,27H2,1-2H3,(H,28,32). The first-order valence-corrected chi connectivity index (χ1v) is 10.5. The number of anilines is 1. The predicted octanol–water partition coefficient (Wildman–Crippen LogP) is 4.70. The van der Waals surface area contributed by atoms with Gasteiger partial charge in [-0.1, -0.05) is 54.6 Å². The van der Waals surface area contributed by atoms with Crippen LogP contribution in [0.3, 0.4) is 0 Å². The van der Waals surface area contributed by atoms with Gasteiger partial charge in [-0.05, 0) is 48.7 Å². The maximum atomic E-state index is 13.3. The minimum atomic E-state index is -0.273. The summed E-state index contributed by atoms with van der Waals surface area (Å²) >= 11 is 0. The van der Waals surface area contributed by atoms with Crippen LogP contribution in [-0.2, 0) is 6.54 Å². The molecule has 1 amide bonds. The summed E-state index contributed by atoms with van der Waals surface area (Å²) in [6.07, 6.45) is 0. The van der Waals surface area contributed by atoms with E-state index in [4.69, 9.17) is 15.7 Å². The molecule has 0 saturated carbocycles. The van der Waals surface area contributed by atoms with Crippen LogP contribution < -0.4 is 11.1 Å². The number of amides is 1. The van der Waals surface area contributed by atoms with Gasteiger partial charge in [0.2, 0.25) is 0 Å². The molecule has 0 radical (unpaired) electrons. The molecule has 0 atom stereocenters. The second-order valence-electron chi connectivity index (χ2n) is 7.87. The Bertz CT molecular complexity index is 1470. The first-order valence-electron chi connectivity index (χ1n) is 10.5. The first-order chi connectivity index (χ1) is 15.5. The van der Waals surface area contributed by atoms with Gasteiger partial charge in [0.15, 0.2) is 5.65 Å².